The first-order valence-electron chi connectivity index (χ1n) is 9.92. The van der Waals surface area contributed by atoms with Crippen LogP contribution in [-0.4, -0.2) is 62.6 Å². The van der Waals surface area contributed by atoms with Crippen LogP contribution in [0, 0.1) is 5.82 Å². The van der Waals surface area contributed by atoms with Gasteiger partial charge in [-0.3, -0.25) is 4.40 Å². The van der Waals surface area contributed by atoms with Gasteiger partial charge < -0.3 is 14.3 Å². The van der Waals surface area contributed by atoms with Gasteiger partial charge in [-0.05, 0) is 32.0 Å². The summed E-state index contributed by atoms with van der Waals surface area (Å²) in [5.41, 5.74) is 1.86. The lowest BCUT2D eigenvalue weighted by Gasteiger charge is -2.33. The van der Waals surface area contributed by atoms with Crippen molar-refractivity contribution in [3.8, 4) is 11.6 Å². The van der Waals surface area contributed by atoms with Crippen LogP contribution in [0.3, 0.4) is 0 Å². The highest BCUT2D eigenvalue weighted by molar-refractivity contribution is 5.94. The summed E-state index contributed by atoms with van der Waals surface area (Å²) in [6.45, 7) is 3.39. The first-order chi connectivity index (χ1) is 14.2. The topological polar surface area (TPSA) is 75.6 Å². The molecule has 1 saturated carbocycles. The van der Waals surface area contributed by atoms with E-state index in [4.69, 9.17) is 9.51 Å². The van der Waals surface area contributed by atoms with Crippen LogP contribution in [0.4, 0.5) is 10.2 Å². The van der Waals surface area contributed by atoms with Gasteiger partial charge in [0.25, 0.3) is 5.89 Å². The zero-order valence-electron chi connectivity index (χ0n) is 16.0. The van der Waals surface area contributed by atoms with Crippen LogP contribution in [0.15, 0.2) is 29.0 Å². The van der Waals surface area contributed by atoms with Gasteiger partial charge >= 0.3 is 0 Å². The van der Waals surface area contributed by atoms with Crippen LogP contribution in [0.1, 0.15) is 24.6 Å². The molecule has 4 heterocycles. The van der Waals surface area contributed by atoms with Crippen LogP contribution < -0.4 is 4.90 Å². The highest BCUT2D eigenvalue weighted by atomic mass is 19.1. The van der Waals surface area contributed by atoms with E-state index < -0.39 is 0 Å². The Balaban J connectivity index is 1.56. The van der Waals surface area contributed by atoms with Crippen molar-refractivity contribution in [1.82, 2.24) is 29.4 Å². The predicted molar refractivity (Wildman–Crippen MR) is 105 cm³/mol. The van der Waals surface area contributed by atoms with E-state index in [9.17, 15) is 4.39 Å². The zero-order chi connectivity index (χ0) is 19.5. The maximum absolute atomic E-state index is 14.9. The minimum Gasteiger partial charge on any atom is -0.353 e. The largest absolute Gasteiger partial charge is 0.353 e. The molecule has 0 unspecified atom stereocenters. The minimum atomic E-state index is -0.283. The number of anilines is 1. The van der Waals surface area contributed by atoms with E-state index in [1.165, 1.54) is 6.07 Å². The lowest BCUT2D eigenvalue weighted by atomic mass is 10.2. The van der Waals surface area contributed by atoms with Crippen molar-refractivity contribution in [3.05, 3.63) is 36.2 Å². The summed E-state index contributed by atoms with van der Waals surface area (Å²) >= 11 is 0. The summed E-state index contributed by atoms with van der Waals surface area (Å²) in [7, 11) is 2.09. The fourth-order valence-corrected chi connectivity index (χ4v) is 3.95. The van der Waals surface area contributed by atoms with Crippen molar-refractivity contribution in [2.45, 2.75) is 18.8 Å². The van der Waals surface area contributed by atoms with Crippen LogP contribution in [-0.2, 0) is 0 Å². The Kier molecular flexibility index (Phi) is 3.61. The number of likely N-dealkylation sites (N-methyl/N-ethyl adjacent to an activating group) is 1. The van der Waals surface area contributed by atoms with Gasteiger partial charge in [-0.2, -0.15) is 4.98 Å². The molecule has 0 bridgehead atoms. The van der Waals surface area contributed by atoms with E-state index in [0.29, 0.717) is 34.4 Å². The number of rotatable bonds is 3. The van der Waals surface area contributed by atoms with Crippen molar-refractivity contribution in [2.24, 2.45) is 0 Å². The second kappa shape index (κ2) is 6.21. The summed E-state index contributed by atoms with van der Waals surface area (Å²) in [5, 5.41) is 4.61. The normalized spacial score (nSPS) is 18.2. The molecule has 0 radical (unpaired) electrons. The molecule has 9 heteroatoms. The third-order valence-electron chi connectivity index (χ3n) is 5.82. The molecule has 2 fully saturated rings. The maximum Gasteiger partial charge on any atom is 0.280 e. The maximum atomic E-state index is 14.9. The molecular weight excluding hydrogens is 373 g/mol. The van der Waals surface area contributed by atoms with Crippen LogP contribution in [0.25, 0.3) is 28.1 Å². The Morgan fingerprint density at radius 2 is 1.93 bits per heavy atom. The van der Waals surface area contributed by atoms with Crippen LogP contribution >= 0.6 is 0 Å². The van der Waals surface area contributed by atoms with Crippen LogP contribution in [0.5, 0.6) is 0 Å². The molecule has 0 atom stereocenters. The van der Waals surface area contributed by atoms with Gasteiger partial charge in [0.05, 0.1) is 10.9 Å². The summed E-state index contributed by atoms with van der Waals surface area (Å²) in [6, 6.07) is 5.08. The van der Waals surface area contributed by atoms with Gasteiger partial charge in [0, 0.05) is 32.1 Å². The predicted octanol–water partition coefficient (Wildman–Crippen LogP) is 2.70. The smallest absolute Gasteiger partial charge is 0.280 e. The highest BCUT2D eigenvalue weighted by Gasteiger charge is 2.30. The molecule has 2 aliphatic rings. The molecule has 4 aromatic rings. The number of fused-ring (bicyclic) bond motifs is 3. The van der Waals surface area contributed by atoms with Crippen molar-refractivity contribution in [3.63, 3.8) is 0 Å². The third kappa shape index (κ3) is 2.68. The van der Waals surface area contributed by atoms with Crippen molar-refractivity contribution in [1.29, 1.82) is 0 Å². The van der Waals surface area contributed by atoms with Gasteiger partial charge in [0.1, 0.15) is 18.0 Å². The fraction of sp³-hybridized carbons (Fsp3) is 0.400. The second-order valence-electron chi connectivity index (χ2n) is 7.88. The lowest BCUT2D eigenvalue weighted by molar-refractivity contribution is 0.312. The van der Waals surface area contributed by atoms with E-state index >= 15 is 0 Å². The van der Waals surface area contributed by atoms with Gasteiger partial charge in [0.2, 0.25) is 0 Å². The number of hydrogen-bond donors (Lipinski definition) is 0. The Labute approximate surface area is 166 Å². The van der Waals surface area contributed by atoms with E-state index in [-0.39, 0.29) is 5.82 Å². The number of imidazole rings is 1. The molecule has 0 N–H and O–H groups in total. The number of piperazine rings is 1. The second-order valence-corrected chi connectivity index (χ2v) is 7.88. The molecule has 1 aliphatic heterocycles. The lowest BCUT2D eigenvalue weighted by Crippen LogP contribution is -2.45. The van der Waals surface area contributed by atoms with Crippen molar-refractivity contribution in [2.75, 3.05) is 38.1 Å². The van der Waals surface area contributed by atoms with Crippen molar-refractivity contribution >= 4 is 22.4 Å². The molecule has 3 aromatic heterocycles. The molecule has 29 heavy (non-hydrogen) atoms. The Morgan fingerprint density at radius 3 is 2.72 bits per heavy atom. The molecule has 148 valence electrons. The SMILES string of the molecule is CN1CCN(c2nc3c(-c4nc(C5CC5)no4)ncn3c3cccc(F)c23)CC1. The standard InChI is InChI=1S/C20H20FN7O/c1-26-7-9-27(10-8-26)18-15-13(21)3-2-4-14(15)28-11-22-16(19(28)24-18)20-23-17(25-29-20)12-5-6-12/h2-4,11-12H,5-10H2,1H3. The molecular formula is C20H20FN7O. The zero-order valence-corrected chi connectivity index (χ0v) is 16.0. The number of halogens is 1. The monoisotopic (exact) mass is 393 g/mol. The Hall–Kier alpha value is -3.07. The average Bonchev–Trinajstić information content (AvgIpc) is 3.31. The molecule has 6 rings (SSSR count). The van der Waals surface area contributed by atoms with Gasteiger partial charge in [-0.1, -0.05) is 11.2 Å². The molecule has 0 spiro atoms. The number of hydrogen-bond acceptors (Lipinski definition) is 7. The first kappa shape index (κ1) is 16.8. The number of aromatic nitrogens is 5. The third-order valence-corrected chi connectivity index (χ3v) is 5.82. The van der Waals surface area contributed by atoms with Crippen LogP contribution in [0.2, 0.25) is 0 Å². The number of nitrogens with zero attached hydrogens (tertiary/aromatic N) is 7. The van der Waals surface area contributed by atoms with E-state index in [1.54, 1.807) is 16.8 Å². The first-order valence-corrected chi connectivity index (χ1v) is 9.92. The average molecular weight is 393 g/mol. The van der Waals surface area contributed by atoms with E-state index in [1.807, 2.05) is 6.07 Å². The minimum absolute atomic E-state index is 0.283. The molecule has 1 aromatic carbocycles. The Bertz CT molecular complexity index is 1220. The molecule has 8 nitrogen and oxygen atoms in total. The molecule has 1 aliphatic carbocycles. The summed E-state index contributed by atoms with van der Waals surface area (Å²) in [4.78, 5) is 18.3. The van der Waals surface area contributed by atoms with Gasteiger partial charge in [-0.15, -0.1) is 0 Å². The number of benzene rings is 1. The Morgan fingerprint density at radius 1 is 1.10 bits per heavy atom. The summed E-state index contributed by atoms with van der Waals surface area (Å²) in [5.74, 6) is 1.84. The highest BCUT2D eigenvalue weighted by Crippen LogP contribution is 2.39. The van der Waals surface area contributed by atoms with Gasteiger partial charge in [0.15, 0.2) is 17.2 Å². The summed E-state index contributed by atoms with van der Waals surface area (Å²) < 4.78 is 22.2. The van der Waals surface area contributed by atoms with E-state index in [2.05, 4.69) is 32.0 Å². The molecule has 1 saturated heterocycles. The van der Waals surface area contributed by atoms with Crippen molar-refractivity contribution < 1.29 is 8.91 Å². The quantitative estimate of drug-likeness (QED) is 0.530. The summed E-state index contributed by atoms with van der Waals surface area (Å²) in [6.07, 6.45) is 3.84. The molecule has 0 amide bonds. The van der Waals surface area contributed by atoms with E-state index in [0.717, 1.165) is 50.4 Å². The van der Waals surface area contributed by atoms with Gasteiger partial charge in [-0.25, -0.2) is 14.4 Å². The fourth-order valence-electron chi connectivity index (χ4n) is 3.95.